The van der Waals surface area contributed by atoms with Gasteiger partial charge in [0.15, 0.2) is 0 Å². The molecule has 1 aromatic rings. The van der Waals surface area contributed by atoms with Crippen LogP contribution in [0, 0.1) is 5.92 Å². The van der Waals surface area contributed by atoms with E-state index in [1.807, 2.05) is 6.92 Å². The van der Waals surface area contributed by atoms with Gasteiger partial charge in [-0.3, -0.25) is 14.5 Å². The molecule has 0 saturated carbocycles. The number of rotatable bonds is 3. The van der Waals surface area contributed by atoms with Crippen molar-refractivity contribution in [2.45, 2.75) is 26.3 Å². The van der Waals surface area contributed by atoms with Gasteiger partial charge in [0.05, 0.1) is 19.2 Å². The molecule has 1 fully saturated rings. The van der Waals surface area contributed by atoms with E-state index in [0.717, 1.165) is 5.56 Å². The summed E-state index contributed by atoms with van der Waals surface area (Å²) in [7, 11) is 1.32. The minimum Gasteiger partial charge on any atom is -0.465 e. The lowest BCUT2D eigenvalue weighted by atomic mass is 9.97. The second-order valence-electron chi connectivity index (χ2n) is 5.08. The number of carbonyl (C=O) groups excluding carboxylic acids is 3. The quantitative estimate of drug-likeness (QED) is 0.623. The zero-order valence-corrected chi connectivity index (χ0v) is 11.6. The van der Waals surface area contributed by atoms with E-state index >= 15 is 0 Å². The number of esters is 1. The normalized spacial score (nSPS) is 16.4. The number of amides is 2. The summed E-state index contributed by atoms with van der Waals surface area (Å²) >= 11 is 0. The Morgan fingerprint density at radius 3 is 2.25 bits per heavy atom. The summed E-state index contributed by atoms with van der Waals surface area (Å²) in [5.74, 6) is -0.556. The van der Waals surface area contributed by atoms with E-state index in [4.69, 9.17) is 0 Å². The summed E-state index contributed by atoms with van der Waals surface area (Å²) in [6.07, 6.45) is 0.817. The fourth-order valence-electron chi connectivity index (χ4n) is 2.25. The number of hydrogen-bond acceptors (Lipinski definition) is 4. The van der Waals surface area contributed by atoms with Crippen LogP contribution in [-0.4, -0.2) is 29.8 Å². The van der Waals surface area contributed by atoms with Crippen LogP contribution in [0.1, 0.15) is 35.7 Å². The van der Waals surface area contributed by atoms with Gasteiger partial charge in [0.2, 0.25) is 11.8 Å². The second-order valence-corrected chi connectivity index (χ2v) is 5.08. The zero-order valence-electron chi connectivity index (χ0n) is 11.6. The monoisotopic (exact) mass is 275 g/mol. The Morgan fingerprint density at radius 1 is 1.20 bits per heavy atom. The van der Waals surface area contributed by atoms with Crippen molar-refractivity contribution in [2.75, 3.05) is 7.11 Å². The number of carbonyl (C=O) groups is 3. The van der Waals surface area contributed by atoms with Crippen LogP contribution in [0.4, 0.5) is 0 Å². The fraction of sp³-hybridized carbons (Fsp3) is 0.400. The molecule has 2 rings (SSSR count). The van der Waals surface area contributed by atoms with Crippen molar-refractivity contribution in [3.05, 3.63) is 35.4 Å². The summed E-state index contributed by atoms with van der Waals surface area (Å²) in [4.78, 5) is 36.3. The topological polar surface area (TPSA) is 63.7 Å². The van der Waals surface area contributed by atoms with Crippen LogP contribution >= 0.6 is 0 Å². The molecule has 106 valence electrons. The predicted octanol–water partition coefficient (Wildman–Crippen LogP) is 1.76. The van der Waals surface area contributed by atoms with Crippen LogP contribution in [0.3, 0.4) is 0 Å². The molecular formula is C15H17NO4. The number of ether oxygens (including phenoxy) is 1. The molecule has 0 atom stereocenters. The van der Waals surface area contributed by atoms with Crippen molar-refractivity contribution in [2.24, 2.45) is 5.92 Å². The van der Waals surface area contributed by atoms with Crippen molar-refractivity contribution < 1.29 is 19.1 Å². The number of hydrogen-bond donors (Lipinski definition) is 0. The van der Waals surface area contributed by atoms with Gasteiger partial charge >= 0.3 is 5.97 Å². The van der Waals surface area contributed by atoms with E-state index < -0.39 is 5.97 Å². The minimum absolute atomic E-state index is 0.118. The maximum Gasteiger partial charge on any atom is 0.337 e. The molecule has 0 aromatic heterocycles. The average Bonchev–Trinajstić information content (AvgIpc) is 2.42. The van der Waals surface area contributed by atoms with E-state index in [1.165, 1.54) is 12.0 Å². The van der Waals surface area contributed by atoms with Crippen molar-refractivity contribution in [1.29, 1.82) is 0 Å². The highest BCUT2D eigenvalue weighted by atomic mass is 16.5. The first-order chi connectivity index (χ1) is 9.51. The van der Waals surface area contributed by atoms with Crippen molar-refractivity contribution in [3.63, 3.8) is 0 Å². The summed E-state index contributed by atoms with van der Waals surface area (Å²) in [5.41, 5.74) is 1.26. The molecule has 1 saturated heterocycles. The van der Waals surface area contributed by atoms with Crippen LogP contribution in [0.15, 0.2) is 24.3 Å². The number of imide groups is 1. The standard InChI is InChI=1S/C15H17NO4/c1-10-7-13(17)16(14(18)8-10)9-11-3-5-12(6-4-11)15(19)20-2/h3-6,10H,7-9H2,1-2H3. The maximum atomic E-state index is 11.9. The molecule has 0 unspecified atom stereocenters. The third-order valence-corrected chi connectivity index (χ3v) is 3.36. The second kappa shape index (κ2) is 5.86. The van der Waals surface area contributed by atoms with E-state index in [-0.39, 0.29) is 24.3 Å². The fourth-order valence-corrected chi connectivity index (χ4v) is 2.25. The highest BCUT2D eigenvalue weighted by Crippen LogP contribution is 2.21. The highest BCUT2D eigenvalue weighted by Gasteiger charge is 2.30. The van der Waals surface area contributed by atoms with Gasteiger partial charge in [-0.1, -0.05) is 19.1 Å². The van der Waals surface area contributed by atoms with Crippen LogP contribution in [-0.2, 0) is 20.9 Å². The lowest BCUT2D eigenvalue weighted by Gasteiger charge is -2.28. The third kappa shape index (κ3) is 3.04. The average molecular weight is 275 g/mol. The van der Waals surface area contributed by atoms with Gasteiger partial charge in [-0.05, 0) is 23.6 Å². The molecule has 0 N–H and O–H groups in total. The molecule has 1 aromatic carbocycles. The van der Waals surface area contributed by atoms with Gasteiger partial charge in [-0.2, -0.15) is 0 Å². The Hall–Kier alpha value is -2.17. The van der Waals surface area contributed by atoms with Gasteiger partial charge < -0.3 is 4.74 Å². The van der Waals surface area contributed by atoms with Crippen LogP contribution in [0.2, 0.25) is 0 Å². The van der Waals surface area contributed by atoms with Crippen molar-refractivity contribution >= 4 is 17.8 Å². The van der Waals surface area contributed by atoms with E-state index in [1.54, 1.807) is 24.3 Å². The lowest BCUT2D eigenvalue weighted by molar-refractivity contribution is -0.150. The molecule has 20 heavy (non-hydrogen) atoms. The number of methoxy groups -OCH3 is 1. The van der Waals surface area contributed by atoms with Gasteiger partial charge in [0.1, 0.15) is 0 Å². The summed E-state index contributed by atoms with van der Waals surface area (Å²) in [6.45, 7) is 2.16. The first kappa shape index (κ1) is 14.2. The predicted molar refractivity (Wildman–Crippen MR) is 71.7 cm³/mol. The van der Waals surface area contributed by atoms with E-state index in [2.05, 4.69) is 4.74 Å². The molecule has 0 aliphatic carbocycles. The Bertz CT molecular complexity index is 517. The van der Waals surface area contributed by atoms with Crippen molar-refractivity contribution in [1.82, 2.24) is 4.90 Å². The van der Waals surface area contributed by atoms with Gasteiger partial charge in [0, 0.05) is 12.8 Å². The molecule has 0 bridgehead atoms. The van der Waals surface area contributed by atoms with Crippen LogP contribution in [0.25, 0.3) is 0 Å². The SMILES string of the molecule is COC(=O)c1ccc(CN2C(=O)CC(C)CC2=O)cc1. The smallest absolute Gasteiger partial charge is 0.337 e. The number of benzene rings is 1. The molecule has 5 heteroatoms. The Morgan fingerprint density at radius 2 is 1.75 bits per heavy atom. The molecule has 5 nitrogen and oxygen atoms in total. The molecule has 1 heterocycles. The number of piperidine rings is 1. The van der Waals surface area contributed by atoms with Gasteiger partial charge in [-0.15, -0.1) is 0 Å². The molecule has 2 amide bonds. The third-order valence-electron chi connectivity index (χ3n) is 3.36. The molecule has 0 radical (unpaired) electrons. The van der Waals surface area contributed by atoms with Crippen LogP contribution in [0.5, 0.6) is 0 Å². The molecular weight excluding hydrogens is 258 g/mol. The van der Waals surface area contributed by atoms with E-state index in [9.17, 15) is 14.4 Å². The summed E-state index contributed by atoms with van der Waals surface area (Å²) < 4.78 is 4.61. The number of likely N-dealkylation sites (tertiary alicyclic amines) is 1. The number of nitrogens with zero attached hydrogens (tertiary/aromatic N) is 1. The first-order valence-electron chi connectivity index (χ1n) is 6.51. The van der Waals surface area contributed by atoms with E-state index in [0.29, 0.717) is 18.4 Å². The van der Waals surface area contributed by atoms with Crippen LogP contribution < -0.4 is 0 Å². The van der Waals surface area contributed by atoms with Gasteiger partial charge in [0.25, 0.3) is 0 Å². The molecule has 1 aliphatic rings. The lowest BCUT2D eigenvalue weighted by Crippen LogP contribution is -2.42. The first-order valence-corrected chi connectivity index (χ1v) is 6.51. The van der Waals surface area contributed by atoms with Gasteiger partial charge in [-0.25, -0.2) is 4.79 Å². The summed E-state index contributed by atoms with van der Waals surface area (Å²) in [6, 6.07) is 6.71. The summed E-state index contributed by atoms with van der Waals surface area (Å²) in [5, 5.41) is 0. The minimum atomic E-state index is -0.407. The zero-order chi connectivity index (χ0) is 14.7. The highest BCUT2D eigenvalue weighted by molar-refractivity contribution is 5.97. The van der Waals surface area contributed by atoms with Crippen molar-refractivity contribution in [3.8, 4) is 0 Å². The Labute approximate surface area is 117 Å². The Balaban J connectivity index is 2.08. The Kier molecular flexibility index (Phi) is 4.17. The molecule has 0 spiro atoms. The maximum absolute atomic E-state index is 11.9. The largest absolute Gasteiger partial charge is 0.465 e. The molecule has 1 aliphatic heterocycles.